The number of nitrogens with zero attached hydrogens (tertiary/aromatic N) is 3. The second-order valence-corrected chi connectivity index (χ2v) is 5.35. The van der Waals surface area contributed by atoms with Crippen LogP contribution in [0.15, 0.2) is 36.2 Å². The summed E-state index contributed by atoms with van der Waals surface area (Å²) in [4.78, 5) is 25.3. The zero-order valence-electron chi connectivity index (χ0n) is 11.9. The normalized spacial score (nSPS) is 10.6. The summed E-state index contributed by atoms with van der Waals surface area (Å²) in [7, 11) is 0. The Labute approximate surface area is 131 Å². The van der Waals surface area contributed by atoms with Gasteiger partial charge in [0, 0.05) is 24.3 Å². The molecule has 0 spiro atoms. The number of carbonyl (C=O) groups excluding carboxylic acids is 1. The van der Waals surface area contributed by atoms with Gasteiger partial charge < -0.3 is 10.1 Å². The molecule has 3 aromatic rings. The van der Waals surface area contributed by atoms with Gasteiger partial charge in [0.15, 0.2) is 0 Å². The molecule has 112 valence electrons. The summed E-state index contributed by atoms with van der Waals surface area (Å²) in [5.74, 6) is 0.270. The number of fused-ring (bicyclic) bond motifs is 1. The number of anilines is 1. The third-order valence-corrected chi connectivity index (χ3v) is 3.93. The number of thiophene rings is 1. The number of nitrogens with one attached hydrogen (secondary N) is 1. The van der Waals surface area contributed by atoms with Crippen LogP contribution in [0, 0.1) is 0 Å². The van der Waals surface area contributed by atoms with E-state index >= 15 is 0 Å². The van der Waals surface area contributed by atoms with Crippen LogP contribution >= 0.6 is 11.3 Å². The number of carbonyl (C=O) groups is 1. The zero-order valence-corrected chi connectivity index (χ0v) is 12.8. The monoisotopic (exact) mass is 314 g/mol. The van der Waals surface area contributed by atoms with Crippen molar-refractivity contribution in [1.29, 1.82) is 0 Å². The zero-order chi connectivity index (χ0) is 15.4. The standard InChI is InChI=1S/C15H14N4O2S/c1-2-21-15(20)11-8-22-14-12(11)13(18-9-19-14)17-7-10-4-3-5-16-6-10/h3-6,8-9H,2,7H2,1H3,(H,17,18,19). The van der Waals surface area contributed by atoms with Gasteiger partial charge in [0.1, 0.15) is 17.0 Å². The summed E-state index contributed by atoms with van der Waals surface area (Å²) in [5.41, 5.74) is 1.53. The summed E-state index contributed by atoms with van der Waals surface area (Å²) in [6, 6.07) is 3.85. The van der Waals surface area contributed by atoms with Gasteiger partial charge in [-0.15, -0.1) is 11.3 Å². The van der Waals surface area contributed by atoms with Crippen molar-refractivity contribution in [2.45, 2.75) is 13.5 Å². The highest BCUT2D eigenvalue weighted by Gasteiger charge is 2.18. The third kappa shape index (κ3) is 2.89. The van der Waals surface area contributed by atoms with Crippen LogP contribution in [0.25, 0.3) is 10.2 Å². The van der Waals surface area contributed by atoms with E-state index in [1.54, 1.807) is 24.7 Å². The number of esters is 1. The number of ether oxygens (including phenoxy) is 1. The Hall–Kier alpha value is -2.54. The van der Waals surface area contributed by atoms with Crippen LogP contribution in [-0.2, 0) is 11.3 Å². The van der Waals surface area contributed by atoms with Crippen molar-refractivity contribution in [2.75, 3.05) is 11.9 Å². The first-order valence-corrected chi connectivity index (χ1v) is 7.69. The Bertz CT molecular complexity index is 789. The largest absolute Gasteiger partial charge is 0.462 e. The molecule has 0 aliphatic heterocycles. The van der Waals surface area contributed by atoms with E-state index in [0.717, 1.165) is 10.4 Å². The van der Waals surface area contributed by atoms with Crippen molar-refractivity contribution < 1.29 is 9.53 Å². The number of aromatic nitrogens is 3. The maximum absolute atomic E-state index is 12.0. The van der Waals surface area contributed by atoms with Crippen molar-refractivity contribution in [3.05, 3.63) is 47.4 Å². The van der Waals surface area contributed by atoms with Crippen LogP contribution < -0.4 is 5.32 Å². The minimum atomic E-state index is -0.354. The second-order valence-electron chi connectivity index (χ2n) is 4.49. The number of hydrogen-bond acceptors (Lipinski definition) is 7. The molecular weight excluding hydrogens is 300 g/mol. The predicted molar refractivity (Wildman–Crippen MR) is 84.9 cm³/mol. The van der Waals surface area contributed by atoms with Crippen LogP contribution in [0.2, 0.25) is 0 Å². The van der Waals surface area contributed by atoms with Gasteiger partial charge in [-0.05, 0) is 18.6 Å². The fourth-order valence-electron chi connectivity index (χ4n) is 2.06. The average molecular weight is 314 g/mol. The summed E-state index contributed by atoms with van der Waals surface area (Å²) in [6.45, 7) is 2.69. The Morgan fingerprint density at radius 2 is 2.32 bits per heavy atom. The molecule has 22 heavy (non-hydrogen) atoms. The fourth-order valence-corrected chi connectivity index (χ4v) is 2.93. The molecule has 0 aromatic carbocycles. The lowest BCUT2D eigenvalue weighted by Gasteiger charge is -2.07. The van der Waals surface area contributed by atoms with Crippen LogP contribution in [0.1, 0.15) is 22.8 Å². The molecule has 3 rings (SSSR count). The first-order chi connectivity index (χ1) is 10.8. The molecule has 0 bridgehead atoms. The summed E-state index contributed by atoms with van der Waals surface area (Å²) in [5, 5.41) is 5.70. The summed E-state index contributed by atoms with van der Waals surface area (Å²) in [6.07, 6.45) is 4.99. The lowest BCUT2D eigenvalue weighted by atomic mass is 10.2. The molecule has 3 aromatic heterocycles. The van der Waals surface area contributed by atoms with Crippen LogP contribution in [0.5, 0.6) is 0 Å². The molecular formula is C15H14N4O2S. The lowest BCUT2D eigenvalue weighted by Crippen LogP contribution is -2.07. The van der Waals surface area contributed by atoms with E-state index in [9.17, 15) is 4.79 Å². The van der Waals surface area contributed by atoms with E-state index in [2.05, 4.69) is 20.3 Å². The highest BCUT2D eigenvalue weighted by atomic mass is 32.1. The first kappa shape index (κ1) is 14.4. The van der Waals surface area contributed by atoms with Gasteiger partial charge in [0.05, 0.1) is 17.6 Å². The maximum Gasteiger partial charge on any atom is 0.339 e. The van der Waals surface area contributed by atoms with Crippen molar-refractivity contribution in [3.8, 4) is 0 Å². The summed E-state index contributed by atoms with van der Waals surface area (Å²) >= 11 is 1.40. The minimum Gasteiger partial charge on any atom is -0.462 e. The van der Waals surface area contributed by atoms with Gasteiger partial charge >= 0.3 is 5.97 Å². The van der Waals surface area contributed by atoms with Crippen molar-refractivity contribution in [1.82, 2.24) is 15.0 Å². The maximum atomic E-state index is 12.0. The molecule has 1 N–H and O–H groups in total. The molecule has 3 heterocycles. The second kappa shape index (κ2) is 6.48. The van der Waals surface area contributed by atoms with Gasteiger partial charge in [0.2, 0.25) is 0 Å². The molecule has 0 fully saturated rings. The molecule has 0 radical (unpaired) electrons. The topological polar surface area (TPSA) is 77.0 Å². The van der Waals surface area contributed by atoms with Crippen molar-refractivity contribution >= 4 is 33.3 Å². The smallest absolute Gasteiger partial charge is 0.339 e. The quantitative estimate of drug-likeness (QED) is 0.730. The van der Waals surface area contributed by atoms with E-state index in [1.807, 2.05) is 12.1 Å². The lowest BCUT2D eigenvalue weighted by molar-refractivity contribution is 0.0529. The van der Waals surface area contributed by atoms with E-state index in [0.29, 0.717) is 29.9 Å². The van der Waals surface area contributed by atoms with E-state index in [1.165, 1.54) is 17.7 Å². The third-order valence-electron chi connectivity index (χ3n) is 3.05. The molecule has 0 saturated carbocycles. The summed E-state index contributed by atoms with van der Waals surface area (Å²) < 4.78 is 5.09. The predicted octanol–water partition coefficient (Wildman–Crippen LogP) is 2.88. The van der Waals surface area contributed by atoms with Crippen LogP contribution in [0.3, 0.4) is 0 Å². The molecule has 0 unspecified atom stereocenters. The number of rotatable bonds is 5. The van der Waals surface area contributed by atoms with Gasteiger partial charge in [-0.1, -0.05) is 6.07 Å². The van der Waals surface area contributed by atoms with Gasteiger partial charge in [0.25, 0.3) is 0 Å². The van der Waals surface area contributed by atoms with E-state index in [4.69, 9.17) is 4.74 Å². The highest BCUT2D eigenvalue weighted by molar-refractivity contribution is 7.17. The highest BCUT2D eigenvalue weighted by Crippen LogP contribution is 2.30. The Morgan fingerprint density at radius 3 is 3.09 bits per heavy atom. The van der Waals surface area contributed by atoms with Crippen LogP contribution in [-0.4, -0.2) is 27.5 Å². The fraction of sp³-hybridized carbons (Fsp3) is 0.200. The molecule has 0 saturated heterocycles. The molecule has 0 amide bonds. The van der Waals surface area contributed by atoms with Crippen molar-refractivity contribution in [2.24, 2.45) is 0 Å². The van der Waals surface area contributed by atoms with Gasteiger partial charge in [-0.25, -0.2) is 14.8 Å². The molecule has 7 heteroatoms. The number of pyridine rings is 1. The van der Waals surface area contributed by atoms with E-state index < -0.39 is 0 Å². The number of hydrogen-bond donors (Lipinski definition) is 1. The van der Waals surface area contributed by atoms with Crippen LogP contribution in [0.4, 0.5) is 5.82 Å². The molecule has 0 aliphatic carbocycles. The molecule has 6 nitrogen and oxygen atoms in total. The van der Waals surface area contributed by atoms with Gasteiger partial charge in [-0.3, -0.25) is 4.98 Å². The van der Waals surface area contributed by atoms with Gasteiger partial charge in [-0.2, -0.15) is 0 Å². The van der Waals surface area contributed by atoms with E-state index in [-0.39, 0.29) is 5.97 Å². The first-order valence-electron chi connectivity index (χ1n) is 6.81. The average Bonchev–Trinajstić information content (AvgIpc) is 2.99. The molecule has 0 aliphatic rings. The SMILES string of the molecule is CCOC(=O)c1csc2ncnc(NCc3cccnc3)c12. The Balaban J connectivity index is 1.92. The molecule has 0 atom stereocenters. The minimum absolute atomic E-state index is 0.336. The van der Waals surface area contributed by atoms with Crippen molar-refractivity contribution in [3.63, 3.8) is 0 Å². The Kier molecular flexibility index (Phi) is 4.24. The Morgan fingerprint density at radius 1 is 1.41 bits per heavy atom.